The van der Waals surface area contributed by atoms with Gasteiger partial charge in [0.25, 0.3) is 0 Å². The Morgan fingerprint density at radius 1 is 1.36 bits per heavy atom. The third-order valence-corrected chi connectivity index (χ3v) is 3.76. The van der Waals surface area contributed by atoms with Crippen LogP contribution in [0.5, 0.6) is 0 Å². The predicted octanol–water partition coefficient (Wildman–Crippen LogP) is 1.35. The molecule has 0 amide bonds. The molecule has 14 heavy (non-hydrogen) atoms. The van der Waals surface area contributed by atoms with Crippen molar-refractivity contribution in [2.24, 2.45) is 0 Å². The molecule has 1 rings (SSSR count). The van der Waals surface area contributed by atoms with Crippen LogP contribution in [0.4, 0.5) is 0 Å². The number of hydrogen-bond donors (Lipinski definition) is 0. The van der Waals surface area contributed by atoms with Crippen molar-refractivity contribution in [1.82, 2.24) is 4.90 Å². The van der Waals surface area contributed by atoms with E-state index in [9.17, 15) is 8.76 Å². The summed E-state index contributed by atoms with van der Waals surface area (Å²) in [5, 5.41) is -0.286. The second-order valence-electron chi connectivity index (χ2n) is 3.72. The molecule has 2 atom stereocenters. The van der Waals surface area contributed by atoms with Gasteiger partial charge in [-0.3, -0.25) is 4.21 Å². The zero-order chi connectivity index (χ0) is 10.4. The van der Waals surface area contributed by atoms with Crippen molar-refractivity contribution >= 4 is 22.7 Å². The summed E-state index contributed by atoms with van der Waals surface area (Å²) in [6, 6.07) is 0. The molecule has 3 nitrogen and oxygen atoms in total. The lowest BCUT2D eigenvalue weighted by Crippen LogP contribution is -2.38. The van der Waals surface area contributed by atoms with Crippen LogP contribution in [-0.2, 0) is 11.1 Å². The fourth-order valence-electron chi connectivity index (χ4n) is 1.80. The van der Waals surface area contributed by atoms with E-state index in [2.05, 4.69) is 4.90 Å². The molecule has 0 aliphatic carbocycles. The van der Waals surface area contributed by atoms with E-state index in [1.807, 2.05) is 0 Å². The molecule has 0 aromatic carbocycles. The first-order valence-corrected chi connectivity index (χ1v) is 6.77. The van der Waals surface area contributed by atoms with E-state index in [0.29, 0.717) is 18.8 Å². The Balaban J connectivity index is 2.33. The summed E-state index contributed by atoms with van der Waals surface area (Å²) >= 11 is 3.59. The van der Waals surface area contributed by atoms with Crippen LogP contribution < -0.4 is 0 Å². The Hall–Kier alpha value is 0.360. The Bertz CT molecular complexity index is 186. The Morgan fingerprint density at radius 3 is 2.50 bits per heavy atom. The predicted molar refractivity (Wildman–Crippen MR) is 58.3 cm³/mol. The maximum absolute atomic E-state index is 10.9. The first kappa shape index (κ1) is 12.4. The van der Waals surface area contributed by atoms with E-state index in [-0.39, 0.29) is 5.25 Å². The number of hydrogen-bond acceptors (Lipinski definition) is 3. The summed E-state index contributed by atoms with van der Waals surface area (Å²) in [5.74, 6) is 0.423. The minimum atomic E-state index is -1.98. The van der Waals surface area contributed by atoms with E-state index >= 15 is 0 Å². The smallest absolute Gasteiger partial charge is 0.0354 e. The number of rotatable bonds is 5. The molecule has 0 aromatic rings. The van der Waals surface area contributed by atoms with E-state index in [1.54, 1.807) is 0 Å². The average molecular weight is 239 g/mol. The standard InChI is InChI=1S/C9H18ClNO2S/c10-5-4-9(14(12)13)8-11-6-2-1-3-7-11/h9H,1-8H2,(H,12,13)/p-1. The van der Waals surface area contributed by atoms with E-state index in [1.165, 1.54) is 19.3 Å². The van der Waals surface area contributed by atoms with Gasteiger partial charge in [-0.05, 0) is 32.4 Å². The lowest BCUT2D eigenvalue weighted by Gasteiger charge is -2.31. The molecule has 0 radical (unpaired) electrons. The minimum absolute atomic E-state index is 0.286. The lowest BCUT2D eigenvalue weighted by atomic mass is 10.1. The molecule has 2 unspecified atom stereocenters. The SMILES string of the molecule is O=S([O-])C(CCCl)CN1CCCCC1. The molecule has 1 fully saturated rings. The number of alkyl halides is 1. The average Bonchev–Trinajstić information content (AvgIpc) is 2.18. The van der Waals surface area contributed by atoms with Crippen molar-refractivity contribution in [3.8, 4) is 0 Å². The lowest BCUT2D eigenvalue weighted by molar-refractivity contribution is 0.226. The van der Waals surface area contributed by atoms with E-state index < -0.39 is 11.1 Å². The highest BCUT2D eigenvalue weighted by molar-refractivity contribution is 7.79. The van der Waals surface area contributed by atoms with Crippen molar-refractivity contribution < 1.29 is 8.76 Å². The quantitative estimate of drug-likeness (QED) is 0.537. The summed E-state index contributed by atoms with van der Waals surface area (Å²) in [6.45, 7) is 2.73. The van der Waals surface area contributed by atoms with Gasteiger partial charge in [0.05, 0.1) is 0 Å². The van der Waals surface area contributed by atoms with Crippen molar-refractivity contribution in [2.45, 2.75) is 30.9 Å². The van der Waals surface area contributed by atoms with Gasteiger partial charge in [0.15, 0.2) is 0 Å². The van der Waals surface area contributed by atoms with E-state index in [0.717, 1.165) is 13.1 Å². The van der Waals surface area contributed by atoms with Crippen molar-refractivity contribution in [3.05, 3.63) is 0 Å². The zero-order valence-electron chi connectivity index (χ0n) is 8.28. The summed E-state index contributed by atoms with van der Waals surface area (Å²) in [6.07, 6.45) is 4.23. The van der Waals surface area contributed by atoms with Crippen LogP contribution in [0.1, 0.15) is 25.7 Å². The minimum Gasteiger partial charge on any atom is -0.772 e. The molecular weight excluding hydrogens is 222 g/mol. The van der Waals surface area contributed by atoms with Gasteiger partial charge in [0.1, 0.15) is 0 Å². The highest BCUT2D eigenvalue weighted by atomic mass is 35.5. The fraction of sp³-hybridized carbons (Fsp3) is 1.00. The van der Waals surface area contributed by atoms with Gasteiger partial charge in [-0.1, -0.05) is 17.5 Å². The first-order chi connectivity index (χ1) is 6.74. The molecule has 0 saturated carbocycles. The Labute approximate surface area is 93.1 Å². The van der Waals surface area contributed by atoms with Gasteiger partial charge in [0.2, 0.25) is 0 Å². The van der Waals surface area contributed by atoms with Gasteiger partial charge in [0, 0.05) is 17.7 Å². The van der Waals surface area contributed by atoms with E-state index in [4.69, 9.17) is 11.6 Å². The van der Waals surface area contributed by atoms with Crippen molar-refractivity contribution in [3.63, 3.8) is 0 Å². The van der Waals surface area contributed by atoms with Gasteiger partial charge in [-0.25, -0.2) is 0 Å². The molecule has 0 aromatic heterocycles. The highest BCUT2D eigenvalue weighted by Gasteiger charge is 2.16. The summed E-state index contributed by atoms with van der Waals surface area (Å²) in [7, 11) is 0. The van der Waals surface area contributed by atoms with Crippen LogP contribution in [-0.4, -0.2) is 44.4 Å². The molecule has 1 aliphatic rings. The van der Waals surface area contributed by atoms with Gasteiger partial charge >= 0.3 is 0 Å². The summed E-state index contributed by atoms with van der Waals surface area (Å²) in [4.78, 5) is 2.23. The van der Waals surface area contributed by atoms with Crippen molar-refractivity contribution in [1.29, 1.82) is 0 Å². The molecule has 1 heterocycles. The molecule has 5 heteroatoms. The normalized spacial score (nSPS) is 23.3. The van der Waals surface area contributed by atoms with Crippen LogP contribution in [0, 0.1) is 0 Å². The molecule has 0 spiro atoms. The van der Waals surface area contributed by atoms with Gasteiger partial charge in [-0.15, -0.1) is 11.6 Å². The monoisotopic (exact) mass is 238 g/mol. The molecule has 0 N–H and O–H groups in total. The third kappa shape index (κ3) is 4.26. The molecular formula is C9H17ClNO2S-. The number of likely N-dealkylation sites (tertiary alicyclic amines) is 1. The molecule has 1 saturated heterocycles. The van der Waals surface area contributed by atoms with Crippen molar-refractivity contribution in [2.75, 3.05) is 25.5 Å². The third-order valence-electron chi connectivity index (χ3n) is 2.61. The second-order valence-corrected chi connectivity index (χ2v) is 5.29. The first-order valence-electron chi connectivity index (χ1n) is 5.10. The number of nitrogens with zero attached hydrogens (tertiary/aromatic N) is 1. The molecule has 84 valence electrons. The topological polar surface area (TPSA) is 43.4 Å². The van der Waals surface area contributed by atoms with Gasteiger partial charge in [-0.2, -0.15) is 0 Å². The van der Waals surface area contributed by atoms with Crippen LogP contribution >= 0.6 is 11.6 Å². The zero-order valence-corrected chi connectivity index (χ0v) is 9.86. The maximum atomic E-state index is 10.9. The van der Waals surface area contributed by atoms with Gasteiger partial charge < -0.3 is 9.45 Å². The summed E-state index contributed by atoms with van der Waals surface area (Å²) < 4.78 is 21.8. The Kier molecular flexibility index (Phi) is 6.01. The fourth-order valence-corrected chi connectivity index (χ4v) is 2.84. The second kappa shape index (κ2) is 6.77. The Morgan fingerprint density at radius 2 is 2.00 bits per heavy atom. The number of piperidine rings is 1. The highest BCUT2D eigenvalue weighted by Crippen LogP contribution is 2.12. The van der Waals surface area contributed by atoms with Crippen LogP contribution in [0.15, 0.2) is 0 Å². The molecule has 0 bridgehead atoms. The number of halogens is 1. The maximum Gasteiger partial charge on any atom is 0.0354 e. The molecule has 1 aliphatic heterocycles. The summed E-state index contributed by atoms with van der Waals surface area (Å²) in [5.41, 5.74) is 0. The van der Waals surface area contributed by atoms with Crippen LogP contribution in [0.25, 0.3) is 0 Å². The van der Waals surface area contributed by atoms with Crippen LogP contribution in [0.2, 0.25) is 0 Å². The largest absolute Gasteiger partial charge is 0.772 e. The van der Waals surface area contributed by atoms with Crippen LogP contribution in [0.3, 0.4) is 0 Å².